The minimum atomic E-state index is -0.243. The monoisotopic (exact) mass is 423 g/mol. The number of rotatable bonds is 6. The maximum atomic E-state index is 12.4. The van der Waals surface area contributed by atoms with Gasteiger partial charge in [0.1, 0.15) is 5.75 Å². The zero-order valence-electron chi connectivity index (χ0n) is 19.2. The van der Waals surface area contributed by atoms with E-state index >= 15 is 0 Å². The highest BCUT2D eigenvalue weighted by molar-refractivity contribution is 5.93. The largest absolute Gasteiger partial charge is 0.508 e. The molecule has 1 amide bonds. The standard InChI is InChI=1S/C27H37NO3/c1-17-8-11-22-16-19(3)26(30)20(4)25(22)24(17)7-5-6-18(2)27(31)28-15-14-21-9-12-23(29)13-10-21/h5-13,17,19-20,22,24-26,29-30H,14-16H2,1-4H3,(H,28,31)/b7-5+,18-6+/t17-,19-,20+,22+,24+,25-,26+/m1/s1. The number of nitrogens with one attached hydrogen (secondary N) is 1. The number of amides is 1. The van der Waals surface area contributed by atoms with Crippen LogP contribution in [0.4, 0.5) is 0 Å². The highest BCUT2D eigenvalue weighted by Crippen LogP contribution is 2.48. The molecule has 4 nitrogen and oxygen atoms in total. The van der Waals surface area contributed by atoms with Gasteiger partial charge in [-0.25, -0.2) is 0 Å². The van der Waals surface area contributed by atoms with Gasteiger partial charge in [0.05, 0.1) is 6.10 Å². The maximum Gasteiger partial charge on any atom is 0.246 e. The molecule has 0 aliphatic heterocycles. The highest BCUT2D eigenvalue weighted by atomic mass is 16.3. The second kappa shape index (κ2) is 10.3. The summed E-state index contributed by atoms with van der Waals surface area (Å²) in [6, 6.07) is 7.05. The third-order valence-electron chi connectivity index (χ3n) is 7.25. The van der Waals surface area contributed by atoms with Crippen LogP contribution in [0.1, 0.15) is 39.7 Å². The molecule has 0 bridgehead atoms. The van der Waals surface area contributed by atoms with Crippen LogP contribution < -0.4 is 5.32 Å². The molecule has 7 atom stereocenters. The number of aromatic hydroxyl groups is 1. The summed E-state index contributed by atoms with van der Waals surface area (Å²) in [7, 11) is 0. The van der Waals surface area contributed by atoms with Gasteiger partial charge >= 0.3 is 0 Å². The molecule has 2 aliphatic carbocycles. The molecule has 0 aromatic heterocycles. The summed E-state index contributed by atoms with van der Waals surface area (Å²) in [6.07, 6.45) is 12.4. The van der Waals surface area contributed by atoms with Gasteiger partial charge in [0, 0.05) is 12.1 Å². The average molecular weight is 424 g/mol. The summed E-state index contributed by atoms with van der Waals surface area (Å²) in [5, 5.41) is 22.9. The summed E-state index contributed by atoms with van der Waals surface area (Å²) < 4.78 is 0. The molecule has 0 heterocycles. The molecular formula is C27H37NO3. The van der Waals surface area contributed by atoms with Crippen molar-refractivity contribution >= 4 is 5.91 Å². The molecule has 3 rings (SSSR count). The lowest BCUT2D eigenvalue weighted by molar-refractivity contribution is -0.117. The van der Waals surface area contributed by atoms with Gasteiger partial charge in [-0.1, -0.05) is 63.3 Å². The van der Waals surface area contributed by atoms with Gasteiger partial charge < -0.3 is 15.5 Å². The number of benzene rings is 1. The predicted molar refractivity (Wildman–Crippen MR) is 125 cm³/mol. The Morgan fingerprint density at radius 3 is 2.58 bits per heavy atom. The molecule has 0 radical (unpaired) electrons. The van der Waals surface area contributed by atoms with Crippen LogP contribution in [0.3, 0.4) is 0 Å². The number of allylic oxidation sites excluding steroid dienone is 5. The van der Waals surface area contributed by atoms with Gasteiger partial charge in [0.15, 0.2) is 0 Å². The Morgan fingerprint density at radius 2 is 1.87 bits per heavy atom. The fraction of sp³-hybridized carbons (Fsp3) is 0.519. The zero-order chi connectivity index (χ0) is 22.5. The van der Waals surface area contributed by atoms with Gasteiger partial charge in [-0.3, -0.25) is 4.79 Å². The Hall–Kier alpha value is -2.33. The molecular weight excluding hydrogens is 386 g/mol. The van der Waals surface area contributed by atoms with Crippen molar-refractivity contribution in [2.24, 2.45) is 35.5 Å². The topological polar surface area (TPSA) is 69.6 Å². The summed E-state index contributed by atoms with van der Waals surface area (Å²) in [6.45, 7) is 8.97. The van der Waals surface area contributed by atoms with Crippen LogP contribution in [0.5, 0.6) is 5.75 Å². The van der Waals surface area contributed by atoms with Crippen molar-refractivity contribution in [3.05, 3.63) is 65.8 Å². The molecule has 0 spiro atoms. The van der Waals surface area contributed by atoms with E-state index in [1.807, 2.05) is 31.2 Å². The number of phenolic OH excluding ortho intramolecular Hbond substituents is 1. The van der Waals surface area contributed by atoms with E-state index in [2.05, 4.69) is 44.3 Å². The average Bonchev–Trinajstić information content (AvgIpc) is 2.75. The quantitative estimate of drug-likeness (QED) is 0.354. The molecule has 2 aliphatic rings. The van der Waals surface area contributed by atoms with E-state index in [1.54, 1.807) is 12.1 Å². The Morgan fingerprint density at radius 1 is 1.16 bits per heavy atom. The van der Waals surface area contributed by atoms with E-state index in [1.165, 1.54) is 0 Å². The lowest BCUT2D eigenvalue weighted by atomic mass is 9.58. The number of carbonyl (C=O) groups excluding carboxylic acids is 1. The van der Waals surface area contributed by atoms with E-state index in [-0.39, 0.29) is 23.7 Å². The number of carbonyl (C=O) groups is 1. The van der Waals surface area contributed by atoms with Gasteiger partial charge in [0.25, 0.3) is 0 Å². The second-order valence-electron chi connectivity index (χ2n) is 9.53. The first-order valence-corrected chi connectivity index (χ1v) is 11.6. The fourth-order valence-corrected chi connectivity index (χ4v) is 5.33. The summed E-state index contributed by atoms with van der Waals surface area (Å²) in [5.74, 6) is 2.55. The molecule has 3 N–H and O–H groups in total. The minimum absolute atomic E-state index is 0.0619. The predicted octanol–water partition coefficient (Wildman–Crippen LogP) is 4.64. The molecule has 1 fully saturated rings. The number of hydrogen-bond acceptors (Lipinski definition) is 3. The molecule has 31 heavy (non-hydrogen) atoms. The fourth-order valence-electron chi connectivity index (χ4n) is 5.33. The number of hydrogen-bond donors (Lipinski definition) is 3. The Balaban J connectivity index is 1.57. The first kappa shape index (κ1) is 23.3. The van der Waals surface area contributed by atoms with Gasteiger partial charge in [-0.15, -0.1) is 0 Å². The molecule has 1 aromatic carbocycles. The van der Waals surface area contributed by atoms with Crippen molar-refractivity contribution in [2.45, 2.75) is 46.6 Å². The van der Waals surface area contributed by atoms with Crippen LogP contribution in [0.15, 0.2) is 60.2 Å². The Labute approximate surface area is 186 Å². The van der Waals surface area contributed by atoms with E-state index in [0.717, 1.165) is 18.4 Å². The number of phenols is 1. The molecule has 0 unspecified atom stereocenters. The second-order valence-corrected chi connectivity index (χ2v) is 9.53. The molecule has 1 saturated carbocycles. The van der Waals surface area contributed by atoms with Crippen LogP contribution in [-0.2, 0) is 11.2 Å². The van der Waals surface area contributed by atoms with Gasteiger partial charge in [-0.2, -0.15) is 0 Å². The van der Waals surface area contributed by atoms with E-state index < -0.39 is 0 Å². The third kappa shape index (κ3) is 5.68. The van der Waals surface area contributed by atoms with Crippen molar-refractivity contribution in [1.29, 1.82) is 0 Å². The van der Waals surface area contributed by atoms with Crippen molar-refractivity contribution < 1.29 is 15.0 Å². The van der Waals surface area contributed by atoms with Crippen LogP contribution in [0.2, 0.25) is 0 Å². The highest BCUT2D eigenvalue weighted by Gasteiger charge is 2.44. The van der Waals surface area contributed by atoms with Crippen molar-refractivity contribution in [1.82, 2.24) is 5.32 Å². The summed E-state index contributed by atoms with van der Waals surface area (Å²) >= 11 is 0. The van der Waals surface area contributed by atoms with E-state index in [9.17, 15) is 15.0 Å². The molecule has 1 aromatic rings. The lowest BCUT2D eigenvalue weighted by Gasteiger charge is -2.48. The molecule has 168 valence electrons. The smallest absolute Gasteiger partial charge is 0.246 e. The van der Waals surface area contributed by atoms with Crippen LogP contribution in [-0.4, -0.2) is 28.8 Å². The van der Waals surface area contributed by atoms with E-state index in [0.29, 0.717) is 41.7 Å². The van der Waals surface area contributed by atoms with Crippen LogP contribution in [0, 0.1) is 35.5 Å². The first-order chi connectivity index (χ1) is 14.8. The van der Waals surface area contributed by atoms with Crippen molar-refractivity contribution in [3.8, 4) is 5.75 Å². The van der Waals surface area contributed by atoms with Crippen molar-refractivity contribution in [2.75, 3.05) is 6.54 Å². The zero-order valence-corrected chi connectivity index (χ0v) is 19.2. The Bertz CT molecular complexity index is 839. The number of aliphatic hydroxyl groups is 1. The SMILES string of the molecule is C/C(=C\C=C\[C@@H]1[C@@H]2[C@H](C)[C@@H](O)[C@H](C)C[C@@H]2C=C[C@H]1C)C(=O)NCCc1ccc(O)cc1. The van der Waals surface area contributed by atoms with E-state index in [4.69, 9.17) is 0 Å². The van der Waals surface area contributed by atoms with Gasteiger partial charge in [0.2, 0.25) is 5.91 Å². The summed E-state index contributed by atoms with van der Waals surface area (Å²) in [5.41, 5.74) is 1.76. The molecule has 0 saturated heterocycles. The Kier molecular flexibility index (Phi) is 7.77. The van der Waals surface area contributed by atoms with Crippen molar-refractivity contribution in [3.63, 3.8) is 0 Å². The van der Waals surface area contributed by atoms with Gasteiger partial charge in [-0.05, 0) is 73.0 Å². The van der Waals surface area contributed by atoms with Crippen LogP contribution >= 0.6 is 0 Å². The minimum Gasteiger partial charge on any atom is -0.508 e. The summed E-state index contributed by atoms with van der Waals surface area (Å²) in [4.78, 5) is 12.4. The lowest BCUT2D eigenvalue weighted by Crippen LogP contribution is -2.46. The number of aliphatic hydroxyl groups excluding tert-OH is 1. The third-order valence-corrected chi connectivity index (χ3v) is 7.25. The number of fused-ring (bicyclic) bond motifs is 1. The maximum absolute atomic E-state index is 12.4. The molecule has 4 heteroatoms. The van der Waals surface area contributed by atoms with Crippen LogP contribution in [0.25, 0.3) is 0 Å². The normalized spacial score (nSPS) is 33.3. The first-order valence-electron chi connectivity index (χ1n) is 11.6.